The summed E-state index contributed by atoms with van der Waals surface area (Å²) in [6.45, 7) is 6.20. The maximum Gasteiger partial charge on any atom is 0.0376 e. The van der Waals surface area contributed by atoms with Crippen LogP contribution in [0, 0.1) is 5.53 Å². The van der Waals surface area contributed by atoms with E-state index in [1.54, 1.807) is 0 Å². The second-order valence-electron chi connectivity index (χ2n) is 2.76. The Bertz CT molecular complexity index is 85.3. The van der Waals surface area contributed by atoms with Crippen LogP contribution in [0.25, 0.3) is 0 Å². The fraction of sp³-hybridized carbons (Fsp3) is 1.00. The third-order valence-electron chi connectivity index (χ3n) is 1.68. The molecule has 0 heterocycles. The smallest absolute Gasteiger partial charge is 0.0376 e. The number of hydrogen-bond donors (Lipinski definition) is 1. The first-order chi connectivity index (χ1) is 5.35. The zero-order valence-electron chi connectivity index (χ0n) is 7.64. The van der Waals surface area contributed by atoms with Gasteiger partial charge in [0, 0.05) is 13.1 Å². The second-order valence-corrected chi connectivity index (χ2v) is 2.76. The Morgan fingerprint density at radius 3 is 1.82 bits per heavy atom. The van der Waals surface area contributed by atoms with Crippen LogP contribution in [0.4, 0.5) is 0 Å². The van der Waals surface area contributed by atoms with Crippen molar-refractivity contribution in [3.8, 4) is 0 Å². The van der Waals surface area contributed by atoms with E-state index in [0.717, 1.165) is 25.9 Å². The minimum absolute atomic E-state index is 0.944. The maximum absolute atomic E-state index is 6.87. The van der Waals surface area contributed by atoms with Gasteiger partial charge in [0.05, 0.1) is 0 Å². The van der Waals surface area contributed by atoms with Crippen molar-refractivity contribution in [2.45, 2.75) is 39.5 Å². The fourth-order valence-corrected chi connectivity index (χ4v) is 0.893. The van der Waals surface area contributed by atoms with E-state index in [1.807, 2.05) is 5.01 Å². The molecule has 0 aromatic heterocycles. The average Bonchev–Trinajstić information content (AvgIpc) is 2.05. The summed E-state index contributed by atoms with van der Waals surface area (Å²) in [6, 6.07) is 0. The molecule has 3 nitrogen and oxygen atoms in total. The molecule has 3 heteroatoms. The molecule has 0 aliphatic carbocycles. The van der Waals surface area contributed by atoms with Gasteiger partial charge in [-0.25, -0.2) is 0 Å². The molecule has 1 N–H and O–H groups in total. The molecule has 0 rings (SSSR count). The molecule has 11 heavy (non-hydrogen) atoms. The Hall–Kier alpha value is -0.600. The molecule has 0 atom stereocenters. The van der Waals surface area contributed by atoms with Crippen molar-refractivity contribution < 1.29 is 0 Å². The van der Waals surface area contributed by atoms with Crippen molar-refractivity contribution in [2.75, 3.05) is 13.1 Å². The van der Waals surface area contributed by atoms with Gasteiger partial charge in [0.15, 0.2) is 0 Å². The maximum atomic E-state index is 6.87. The van der Waals surface area contributed by atoms with Gasteiger partial charge in [-0.2, -0.15) is 5.53 Å². The Morgan fingerprint density at radius 2 is 1.55 bits per heavy atom. The summed E-state index contributed by atoms with van der Waals surface area (Å²) < 4.78 is 0. The van der Waals surface area contributed by atoms with Gasteiger partial charge < -0.3 is 0 Å². The van der Waals surface area contributed by atoms with E-state index in [4.69, 9.17) is 5.53 Å². The van der Waals surface area contributed by atoms with Crippen LogP contribution in [0.1, 0.15) is 39.5 Å². The highest BCUT2D eigenvalue weighted by molar-refractivity contribution is 4.48. The molecule has 0 radical (unpaired) electrons. The predicted molar refractivity (Wildman–Crippen MR) is 46.5 cm³/mol. The fourth-order valence-electron chi connectivity index (χ4n) is 0.893. The van der Waals surface area contributed by atoms with E-state index in [-0.39, 0.29) is 0 Å². The van der Waals surface area contributed by atoms with Crippen LogP contribution in [-0.2, 0) is 0 Å². The normalized spacial score (nSPS) is 9.64. The van der Waals surface area contributed by atoms with Crippen LogP contribution in [0.3, 0.4) is 0 Å². The van der Waals surface area contributed by atoms with Gasteiger partial charge in [0.1, 0.15) is 0 Å². The molecule has 66 valence electrons. The number of rotatable bonds is 7. The average molecular weight is 157 g/mol. The van der Waals surface area contributed by atoms with Crippen molar-refractivity contribution in [3.63, 3.8) is 0 Å². The number of nitrogens with one attached hydrogen (secondary N) is 1. The monoisotopic (exact) mass is 157 g/mol. The summed E-state index contributed by atoms with van der Waals surface area (Å²) in [5.74, 6) is 0. The van der Waals surface area contributed by atoms with Gasteiger partial charge in [-0.15, -0.1) is 0 Å². The molecule has 0 aromatic carbocycles. The number of hydrogen-bond acceptors (Lipinski definition) is 2. The minimum atomic E-state index is 0.944. The molecular weight excluding hydrogens is 138 g/mol. The van der Waals surface area contributed by atoms with Gasteiger partial charge in [0.2, 0.25) is 0 Å². The largest absolute Gasteiger partial charge is 0.279 e. The van der Waals surface area contributed by atoms with Crippen LogP contribution in [0.15, 0.2) is 5.22 Å². The zero-order valence-corrected chi connectivity index (χ0v) is 7.64. The third-order valence-corrected chi connectivity index (χ3v) is 1.68. The molecule has 0 saturated carbocycles. The Morgan fingerprint density at radius 1 is 1.09 bits per heavy atom. The standard InChI is InChI=1S/C8H19N3/c1-3-5-7-11(10-9)8-6-4-2/h9H,3-8H2,1-2H3. The molecule has 0 saturated heterocycles. The molecule has 0 amide bonds. The van der Waals surface area contributed by atoms with E-state index in [1.165, 1.54) is 12.8 Å². The topological polar surface area (TPSA) is 39.5 Å². The lowest BCUT2D eigenvalue weighted by Crippen LogP contribution is -2.18. The summed E-state index contributed by atoms with van der Waals surface area (Å²) in [5.41, 5.74) is 6.87. The number of unbranched alkanes of at least 4 members (excludes halogenated alkanes) is 2. The molecule has 0 spiro atoms. The predicted octanol–water partition coefficient (Wildman–Crippen LogP) is 2.83. The van der Waals surface area contributed by atoms with E-state index in [9.17, 15) is 0 Å². The van der Waals surface area contributed by atoms with Gasteiger partial charge in [-0.1, -0.05) is 31.9 Å². The summed E-state index contributed by atoms with van der Waals surface area (Å²) >= 11 is 0. The van der Waals surface area contributed by atoms with Crippen LogP contribution >= 0.6 is 0 Å². The molecule has 0 aromatic rings. The summed E-state index contributed by atoms with van der Waals surface area (Å²) in [6.07, 6.45) is 4.65. The summed E-state index contributed by atoms with van der Waals surface area (Å²) in [5, 5.41) is 5.29. The van der Waals surface area contributed by atoms with Gasteiger partial charge in [-0.3, -0.25) is 5.01 Å². The van der Waals surface area contributed by atoms with Crippen LogP contribution in [0.2, 0.25) is 0 Å². The molecular formula is C8H19N3. The molecule has 0 aliphatic rings. The zero-order chi connectivity index (χ0) is 8.53. The highest BCUT2D eigenvalue weighted by Crippen LogP contribution is 1.98. The van der Waals surface area contributed by atoms with Crippen LogP contribution < -0.4 is 0 Å². The lowest BCUT2D eigenvalue weighted by atomic mass is 10.3. The first-order valence-electron chi connectivity index (χ1n) is 4.47. The van der Waals surface area contributed by atoms with E-state index in [0.29, 0.717) is 0 Å². The minimum Gasteiger partial charge on any atom is -0.279 e. The molecule has 0 unspecified atom stereocenters. The first kappa shape index (κ1) is 10.4. The summed E-state index contributed by atoms with van der Waals surface area (Å²) in [7, 11) is 0. The van der Waals surface area contributed by atoms with Crippen LogP contribution in [-0.4, -0.2) is 18.1 Å². The highest BCUT2D eigenvalue weighted by Gasteiger charge is 1.97. The van der Waals surface area contributed by atoms with Crippen molar-refractivity contribution >= 4 is 0 Å². The first-order valence-corrected chi connectivity index (χ1v) is 4.47. The molecule has 0 bridgehead atoms. The van der Waals surface area contributed by atoms with E-state index in [2.05, 4.69) is 19.1 Å². The molecule has 0 aliphatic heterocycles. The summed E-state index contributed by atoms with van der Waals surface area (Å²) in [4.78, 5) is 0. The van der Waals surface area contributed by atoms with Gasteiger partial charge in [0.25, 0.3) is 0 Å². The quantitative estimate of drug-likeness (QED) is 0.448. The van der Waals surface area contributed by atoms with Gasteiger partial charge >= 0.3 is 0 Å². The molecule has 0 fully saturated rings. The lowest BCUT2D eigenvalue weighted by molar-refractivity contribution is 0.252. The van der Waals surface area contributed by atoms with Crippen LogP contribution in [0.5, 0.6) is 0 Å². The Labute approximate surface area is 69.3 Å². The third kappa shape index (κ3) is 5.83. The van der Waals surface area contributed by atoms with Gasteiger partial charge in [-0.05, 0) is 12.8 Å². The van der Waals surface area contributed by atoms with Crippen molar-refractivity contribution in [1.82, 2.24) is 5.01 Å². The van der Waals surface area contributed by atoms with Crippen molar-refractivity contribution in [3.05, 3.63) is 0 Å². The lowest BCUT2D eigenvalue weighted by Gasteiger charge is -2.15. The van der Waals surface area contributed by atoms with Crippen molar-refractivity contribution in [2.24, 2.45) is 5.22 Å². The van der Waals surface area contributed by atoms with E-state index >= 15 is 0 Å². The SMILES string of the molecule is CCCCN(CCCC)N=N. The second kappa shape index (κ2) is 7.51. The van der Waals surface area contributed by atoms with Crippen molar-refractivity contribution in [1.29, 1.82) is 5.53 Å². The number of nitrogens with zero attached hydrogens (tertiary/aromatic N) is 2. The Balaban J connectivity index is 3.33. The highest BCUT2D eigenvalue weighted by atomic mass is 15.5. The van der Waals surface area contributed by atoms with E-state index < -0.39 is 0 Å². The Kier molecular flexibility index (Phi) is 7.10.